The molecule has 1 fully saturated rings. The summed E-state index contributed by atoms with van der Waals surface area (Å²) in [6.45, 7) is 6.11. The Morgan fingerprint density at radius 2 is 1.80 bits per heavy atom. The average Bonchev–Trinajstić information content (AvgIpc) is 3.23. The van der Waals surface area contributed by atoms with Crippen molar-refractivity contribution in [3.63, 3.8) is 0 Å². The number of hydrogen-bond acceptors (Lipinski definition) is 5. The zero-order valence-electron chi connectivity index (χ0n) is 17.1. The van der Waals surface area contributed by atoms with E-state index >= 15 is 0 Å². The van der Waals surface area contributed by atoms with E-state index in [1.807, 2.05) is 24.8 Å². The summed E-state index contributed by atoms with van der Waals surface area (Å²) in [6.07, 6.45) is -0.659. The number of likely N-dealkylation sites (N-methyl/N-ethyl adjacent to an activating group) is 2. The molecule has 0 spiro atoms. The maximum absolute atomic E-state index is 13.3. The molecule has 30 heavy (non-hydrogen) atoms. The van der Waals surface area contributed by atoms with Gasteiger partial charge in [0.1, 0.15) is 0 Å². The Morgan fingerprint density at radius 1 is 1.13 bits per heavy atom. The predicted octanol–water partition coefficient (Wildman–Crippen LogP) is 3.14. The van der Waals surface area contributed by atoms with Gasteiger partial charge in [-0.15, -0.1) is 0 Å². The topological polar surface area (TPSA) is 74.0 Å². The smallest absolute Gasteiger partial charge is 0.321 e. The highest BCUT2D eigenvalue weighted by Crippen LogP contribution is 2.33. The summed E-state index contributed by atoms with van der Waals surface area (Å²) in [5, 5.41) is 5.54. The summed E-state index contributed by atoms with van der Waals surface area (Å²) in [4.78, 5) is 35.3. The van der Waals surface area contributed by atoms with E-state index in [-0.39, 0.29) is 25.0 Å². The van der Waals surface area contributed by atoms with Crippen LogP contribution in [-0.4, -0.2) is 68.2 Å². The van der Waals surface area contributed by atoms with Crippen LogP contribution in [0.3, 0.4) is 0 Å². The molecular formula is C20H22Cl2N6O2. The van der Waals surface area contributed by atoms with E-state index in [1.54, 1.807) is 36.9 Å². The van der Waals surface area contributed by atoms with E-state index in [2.05, 4.69) is 5.10 Å². The lowest BCUT2D eigenvalue weighted by Crippen LogP contribution is -2.65. The Balaban J connectivity index is 1.84. The third-order valence-electron chi connectivity index (χ3n) is 5.48. The Labute approximate surface area is 184 Å². The molecule has 0 saturated carbocycles. The molecule has 2 aliphatic heterocycles. The summed E-state index contributed by atoms with van der Waals surface area (Å²) in [5.74, 6) is 0.187. The highest BCUT2D eigenvalue weighted by atomic mass is 35.5. The number of halogens is 2. The molecule has 0 radical (unpaired) electrons. The number of amides is 3. The normalized spacial score (nSPS) is 21.4. The zero-order valence-corrected chi connectivity index (χ0v) is 18.6. The summed E-state index contributed by atoms with van der Waals surface area (Å²) in [7, 11) is 1.66. The van der Waals surface area contributed by atoms with Gasteiger partial charge in [-0.3, -0.25) is 9.69 Å². The minimum absolute atomic E-state index is 0.252. The maximum Gasteiger partial charge on any atom is 0.328 e. The molecule has 1 aromatic heterocycles. The van der Waals surface area contributed by atoms with Crippen molar-refractivity contribution < 1.29 is 9.59 Å². The second-order valence-corrected chi connectivity index (χ2v) is 8.24. The second kappa shape index (κ2) is 7.59. The maximum atomic E-state index is 13.3. The number of fused-ring (bicyclic) bond motifs is 1. The number of aliphatic imine (C=N–C) groups is 1. The first-order valence-electron chi connectivity index (χ1n) is 9.63. The van der Waals surface area contributed by atoms with Crippen LogP contribution in [0, 0.1) is 13.8 Å². The van der Waals surface area contributed by atoms with E-state index in [1.165, 1.54) is 9.80 Å². The number of aryl methyl sites for hydroxylation is 2. The lowest BCUT2D eigenvalue weighted by atomic mass is 10.1. The minimum atomic E-state index is -0.695. The van der Waals surface area contributed by atoms with E-state index in [0.29, 0.717) is 21.6 Å². The molecule has 0 bridgehead atoms. The lowest BCUT2D eigenvalue weighted by molar-refractivity contribution is -0.137. The predicted molar refractivity (Wildman–Crippen MR) is 115 cm³/mol. The largest absolute Gasteiger partial charge is 0.328 e. The highest BCUT2D eigenvalue weighted by molar-refractivity contribution is 6.36. The van der Waals surface area contributed by atoms with Crippen molar-refractivity contribution in [3.8, 4) is 0 Å². The van der Waals surface area contributed by atoms with Gasteiger partial charge >= 0.3 is 6.03 Å². The number of carbonyl (C=O) groups excluding carboxylic acids is 2. The second-order valence-electron chi connectivity index (χ2n) is 7.43. The molecule has 2 aliphatic rings. The molecule has 2 atom stereocenters. The molecule has 2 aromatic rings. The van der Waals surface area contributed by atoms with Gasteiger partial charge in [0.25, 0.3) is 5.91 Å². The van der Waals surface area contributed by atoms with Crippen molar-refractivity contribution in [2.24, 2.45) is 4.99 Å². The molecule has 3 heterocycles. The highest BCUT2D eigenvalue weighted by Gasteiger charge is 2.52. The van der Waals surface area contributed by atoms with Crippen LogP contribution in [0.4, 0.5) is 4.79 Å². The van der Waals surface area contributed by atoms with Gasteiger partial charge in [0.05, 0.1) is 5.69 Å². The van der Waals surface area contributed by atoms with E-state index in [9.17, 15) is 9.59 Å². The molecule has 4 rings (SSSR count). The Morgan fingerprint density at radius 3 is 2.37 bits per heavy atom. The van der Waals surface area contributed by atoms with Gasteiger partial charge in [-0.25, -0.2) is 14.5 Å². The van der Waals surface area contributed by atoms with Crippen LogP contribution in [0.25, 0.3) is 0 Å². The van der Waals surface area contributed by atoms with Crippen molar-refractivity contribution in [2.45, 2.75) is 39.5 Å². The van der Waals surface area contributed by atoms with Gasteiger partial charge in [-0.1, -0.05) is 29.3 Å². The van der Waals surface area contributed by atoms with Crippen LogP contribution in [0.5, 0.6) is 0 Å². The zero-order chi connectivity index (χ0) is 21.7. The number of nitrogens with zero attached hydrogens (tertiary/aromatic N) is 6. The quantitative estimate of drug-likeness (QED) is 0.722. The monoisotopic (exact) mass is 448 g/mol. The fourth-order valence-corrected chi connectivity index (χ4v) is 4.50. The van der Waals surface area contributed by atoms with E-state index < -0.39 is 12.2 Å². The van der Waals surface area contributed by atoms with Crippen LogP contribution >= 0.6 is 23.2 Å². The lowest BCUT2D eigenvalue weighted by Gasteiger charge is -2.41. The van der Waals surface area contributed by atoms with Crippen molar-refractivity contribution in [1.29, 1.82) is 0 Å². The minimum Gasteiger partial charge on any atom is -0.321 e. The molecule has 0 N–H and O–H groups in total. The number of imide groups is 1. The third-order valence-corrected chi connectivity index (χ3v) is 6.18. The summed E-state index contributed by atoms with van der Waals surface area (Å²) < 4.78 is 1.69. The summed E-state index contributed by atoms with van der Waals surface area (Å²) in [5.41, 5.74) is 2.38. The molecule has 8 nitrogen and oxygen atoms in total. The number of carbonyl (C=O) groups is 2. The molecule has 1 aromatic carbocycles. The third kappa shape index (κ3) is 3.15. The molecule has 2 unspecified atom stereocenters. The van der Waals surface area contributed by atoms with E-state index in [0.717, 1.165) is 11.4 Å². The van der Waals surface area contributed by atoms with Gasteiger partial charge in [-0.2, -0.15) is 5.10 Å². The van der Waals surface area contributed by atoms with Crippen molar-refractivity contribution in [2.75, 3.05) is 13.6 Å². The fourth-order valence-electron chi connectivity index (χ4n) is 3.99. The first-order valence-corrected chi connectivity index (χ1v) is 10.4. The first kappa shape index (κ1) is 20.7. The number of urea groups is 1. The van der Waals surface area contributed by atoms with Crippen molar-refractivity contribution in [3.05, 3.63) is 51.3 Å². The van der Waals surface area contributed by atoms with Crippen LogP contribution in [-0.2, 0) is 11.3 Å². The van der Waals surface area contributed by atoms with E-state index in [4.69, 9.17) is 28.2 Å². The Bertz CT molecular complexity index is 1050. The standard InChI is InChI=1S/C20H22Cl2N6O2/c1-5-26-18(29)16-17(25(4)20(26)30)23-19(28-12(3)9-11(2)24-28)27(16)10-13-14(21)7-6-8-15(13)22/h6-9,16-17H,5,10H2,1-4H3. The van der Waals surface area contributed by atoms with Gasteiger partial charge in [-0.05, 0) is 39.0 Å². The summed E-state index contributed by atoms with van der Waals surface area (Å²) in [6, 6.07) is 6.16. The average molecular weight is 449 g/mol. The molecule has 10 heteroatoms. The molecule has 158 valence electrons. The van der Waals surface area contributed by atoms with Gasteiger partial charge in [0, 0.05) is 41.4 Å². The number of hydrogen-bond donors (Lipinski definition) is 0. The number of rotatable bonds is 3. The van der Waals surface area contributed by atoms with Crippen LogP contribution < -0.4 is 0 Å². The number of aromatic nitrogens is 2. The van der Waals surface area contributed by atoms with Crippen LogP contribution in [0.2, 0.25) is 10.0 Å². The molecule has 0 aliphatic carbocycles. The van der Waals surface area contributed by atoms with Crippen LogP contribution in [0.15, 0.2) is 29.3 Å². The summed E-state index contributed by atoms with van der Waals surface area (Å²) >= 11 is 12.8. The fraction of sp³-hybridized carbons (Fsp3) is 0.400. The van der Waals surface area contributed by atoms with Crippen molar-refractivity contribution >= 4 is 41.1 Å². The Hall–Kier alpha value is -2.58. The molecule has 3 amide bonds. The van der Waals surface area contributed by atoms with Gasteiger partial charge < -0.3 is 9.80 Å². The van der Waals surface area contributed by atoms with Crippen molar-refractivity contribution in [1.82, 2.24) is 24.5 Å². The molecular weight excluding hydrogens is 427 g/mol. The first-order chi connectivity index (χ1) is 14.2. The molecule has 1 saturated heterocycles. The van der Waals surface area contributed by atoms with Gasteiger partial charge in [0.2, 0.25) is 5.96 Å². The number of benzene rings is 1. The van der Waals surface area contributed by atoms with Gasteiger partial charge in [0.15, 0.2) is 12.2 Å². The Kier molecular flexibility index (Phi) is 5.23. The SMILES string of the molecule is CCN1C(=O)C2C(N=C(n3nc(C)cc3C)N2Cc2c(Cl)cccc2Cl)N(C)C1=O. The van der Waals surface area contributed by atoms with Crippen LogP contribution in [0.1, 0.15) is 23.9 Å².